The van der Waals surface area contributed by atoms with E-state index in [4.69, 9.17) is 0 Å². The van der Waals surface area contributed by atoms with E-state index in [9.17, 15) is 14.7 Å². The highest BCUT2D eigenvalue weighted by Gasteiger charge is 2.21. The second-order valence-electron chi connectivity index (χ2n) is 6.27. The van der Waals surface area contributed by atoms with Gasteiger partial charge in [-0.05, 0) is 43.5 Å². The first kappa shape index (κ1) is 18.5. The maximum Gasteiger partial charge on any atom is 0.239 e. The van der Waals surface area contributed by atoms with Gasteiger partial charge in [0.15, 0.2) is 0 Å². The number of rotatable bonds is 7. The molecule has 25 heavy (non-hydrogen) atoms. The van der Waals surface area contributed by atoms with Gasteiger partial charge in [-0.3, -0.25) is 9.59 Å². The second kappa shape index (κ2) is 8.87. The smallest absolute Gasteiger partial charge is 0.239 e. The van der Waals surface area contributed by atoms with Gasteiger partial charge >= 0.3 is 0 Å². The van der Waals surface area contributed by atoms with Crippen LogP contribution in [0, 0.1) is 0 Å². The summed E-state index contributed by atoms with van der Waals surface area (Å²) >= 11 is 0. The molecule has 0 aliphatic carbocycles. The molecule has 5 nitrogen and oxygen atoms in total. The number of aromatic hydroxyl groups is 1. The highest BCUT2D eigenvalue weighted by molar-refractivity contribution is 5.88. The highest BCUT2D eigenvalue weighted by Crippen LogP contribution is 2.22. The van der Waals surface area contributed by atoms with Crippen molar-refractivity contribution in [3.05, 3.63) is 65.7 Å². The SMILES string of the molecule is CC(C)NC(=O)CNC(=O)[C@@H](Cc1ccc(O)cc1)c1ccccc1. The molecule has 0 aromatic heterocycles. The number of carbonyl (C=O) groups excluding carboxylic acids is 2. The van der Waals surface area contributed by atoms with E-state index in [2.05, 4.69) is 10.6 Å². The summed E-state index contributed by atoms with van der Waals surface area (Å²) in [5, 5.41) is 14.9. The zero-order valence-electron chi connectivity index (χ0n) is 14.5. The number of hydrogen-bond donors (Lipinski definition) is 3. The number of hydrogen-bond acceptors (Lipinski definition) is 3. The van der Waals surface area contributed by atoms with Gasteiger partial charge in [0, 0.05) is 6.04 Å². The molecule has 0 spiro atoms. The number of phenolic OH excluding ortho intramolecular Hbond substituents is 1. The van der Waals surface area contributed by atoms with Crippen LogP contribution < -0.4 is 10.6 Å². The monoisotopic (exact) mass is 340 g/mol. The molecular weight excluding hydrogens is 316 g/mol. The van der Waals surface area contributed by atoms with Crippen LogP contribution in [-0.4, -0.2) is 29.5 Å². The van der Waals surface area contributed by atoms with Crippen molar-refractivity contribution in [2.24, 2.45) is 0 Å². The van der Waals surface area contributed by atoms with E-state index in [1.54, 1.807) is 24.3 Å². The molecule has 0 fully saturated rings. The van der Waals surface area contributed by atoms with Crippen molar-refractivity contribution in [2.75, 3.05) is 6.54 Å². The molecule has 0 unspecified atom stereocenters. The van der Waals surface area contributed by atoms with Gasteiger partial charge in [0.2, 0.25) is 11.8 Å². The predicted molar refractivity (Wildman–Crippen MR) is 97.3 cm³/mol. The number of amides is 2. The molecule has 0 aliphatic heterocycles. The Morgan fingerprint density at radius 3 is 2.24 bits per heavy atom. The Hall–Kier alpha value is -2.82. The maximum atomic E-state index is 12.7. The first-order valence-electron chi connectivity index (χ1n) is 8.35. The molecule has 0 heterocycles. The van der Waals surface area contributed by atoms with Gasteiger partial charge in [-0.2, -0.15) is 0 Å². The van der Waals surface area contributed by atoms with E-state index in [0.29, 0.717) is 6.42 Å². The van der Waals surface area contributed by atoms with E-state index >= 15 is 0 Å². The average molecular weight is 340 g/mol. The molecule has 5 heteroatoms. The Bertz CT molecular complexity index is 697. The molecule has 132 valence electrons. The number of phenols is 1. The zero-order chi connectivity index (χ0) is 18.2. The number of benzene rings is 2. The number of nitrogens with one attached hydrogen (secondary N) is 2. The summed E-state index contributed by atoms with van der Waals surface area (Å²) in [4.78, 5) is 24.4. The van der Waals surface area contributed by atoms with E-state index < -0.39 is 5.92 Å². The molecule has 0 aliphatic rings. The minimum Gasteiger partial charge on any atom is -0.508 e. The van der Waals surface area contributed by atoms with E-state index in [0.717, 1.165) is 11.1 Å². The second-order valence-corrected chi connectivity index (χ2v) is 6.27. The van der Waals surface area contributed by atoms with E-state index in [1.165, 1.54) is 0 Å². The van der Waals surface area contributed by atoms with Gasteiger partial charge in [-0.1, -0.05) is 42.5 Å². The van der Waals surface area contributed by atoms with Gasteiger partial charge in [0.1, 0.15) is 5.75 Å². The fourth-order valence-corrected chi connectivity index (χ4v) is 2.58. The van der Waals surface area contributed by atoms with Crippen molar-refractivity contribution in [3.8, 4) is 5.75 Å². The maximum absolute atomic E-state index is 12.7. The molecule has 2 amide bonds. The Balaban J connectivity index is 2.10. The minimum absolute atomic E-state index is 0.0336. The molecule has 1 atom stereocenters. The van der Waals surface area contributed by atoms with Crippen LogP contribution in [0.25, 0.3) is 0 Å². The van der Waals surface area contributed by atoms with Crippen LogP contribution >= 0.6 is 0 Å². The topological polar surface area (TPSA) is 78.4 Å². The normalized spacial score (nSPS) is 11.8. The van der Waals surface area contributed by atoms with E-state index in [-0.39, 0.29) is 30.2 Å². The Kier molecular flexibility index (Phi) is 6.57. The molecular formula is C20H24N2O3. The fraction of sp³-hybridized carbons (Fsp3) is 0.300. The molecule has 2 aromatic rings. The lowest BCUT2D eigenvalue weighted by molar-refractivity contribution is -0.127. The van der Waals surface area contributed by atoms with Crippen LogP contribution in [-0.2, 0) is 16.0 Å². The minimum atomic E-state index is -0.405. The van der Waals surface area contributed by atoms with Crippen molar-refractivity contribution in [2.45, 2.75) is 32.2 Å². The zero-order valence-corrected chi connectivity index (χ0v) is 14.5. The summed E-state index contributed by atoms with van der Waals surface area (Å²) in [5.41, 5.74) is 1.82. The van der Waals surface area contributed by atoms with Gasteiger partial charge in [-0.15, -0.1) is 0 Å². The summed E-state index contributed by atoms with van der Waals surface area (Å²) in [6, 6.07) is 16.3. The summed E-state index contributed by atoms with van der Waals surface area (Å²) in [6.45, 7) is 3.70. The molecule has 2 aromatic carbocycles. The lowest BCUT2D eigenvalue weighted by Gasteiger charge is -2.18. The lowest BCUT2D eigenvalue weighted by atomic mass is 9.91. The fourth-order valence-electron chi connectivity index (χ4n) is 2.58. The summed E-state index contributed by atoms with van der Waals surface area (Å²) in [6.07, 6.45) is 0.488. The van der Waals surface area contributed by atoms with Crippen LogP contribution in [0.15, 0.2) is 54.6 Å². The predicted octanol–water partition coefficient (Wildman–Crippen LogP) is 2.36. The van der Waals surface area contributed by atoms with Gasteiger partial charge < -0.3 is 15.7 Å². The molecule has 0 saturated heterocycles. The van der Waals surface area contributed by atoms with Crippen LogP contribution in [0.1, 0.15) is 30.9 Å². The van der Waals surface area contributed by atoms with Crippen molar-refractivity contribution in [3.63, 3.8) is 0 Å². The highest BCUT2D eigenvalue weighted by atomic mass is 16.3. The Labute approximate surface area is 148 Å². The third-order valence-corrected chi connectivity index (χ3v) is 3.77. The summed E-state index contributed by atoms with van der Waals surface area (Å²) in [5.74, 6) is -0.620. The van der Waals surface area contributed by atoms with E-state index in [1.807, 2.05) is 44.2 Å². The quantitative estimate of drug-likeness (QED) is 0.724. The van der Waals surface area contributed by atoms with Crippen molar-refractivity contribution in [1.82, 2.24) is 10.6 Å². The van der Waals surface area contributed by atoms with Crippen molar-refractivity contribution >= 4 is 11.8 Å². The summed E-state index contributed by atoms with van der Waals surface area (Å²) < 4.78 is 0. The average Bonchev–Trinajstić information content (AvgIpc) is 2.59. The van der Waals surface area contributed by atoms with Gasteiger partial charge in [0.25, 0.3) is 0 Å². The van der Waals surface area contributed by atoms with Crippen LogP contribution in [0.4, 0.5) is 0 Å². The van der Waals surface area contributed by atoms with Crippen LogP contribution in [0.3, 0.4) is 0 Å². The molecule has 0 saturated carbocycles. The van der Waals surface area contributed by atoms with Crippen molar-refractivity contribution in [1.29, 1.82) is 0 Å². The van der Waals surface area contributed by atoms with Crippen LogP contribution in [0.5, 0.6) is 5.75 Å². The molecule has 2 rings (SSSR count). The Morgan fingerprint density at radius 1 is 1.00 bits per heavy atom. The number of carbonyl (C=O) groups is 2. The first-order valence-corrected chi connectivity index (χ1v) is 8.35. The standard InChI is InChI=1S/C20H24N2O3/c1-14(2)22-19(24)13-21-20(25)18(16-6-4-3-5-7-16)12-15-8-10-17(23)11-9-15/h3-11,14,18,23H,12-13H2,1-2H3,(H,21,25)(H,22,24)/t18-/m0/s1. The Morgan fingerprint density at radius 2 is 1.64 bits per heavy atom. The van der Waals surface area contributed by atoms with Gasteiger partial charge in [-0.25, -0.2) is 0 Å². The van der Waals surface area contributed by atoms with Crippen molar-refractivity contribution < 1.29 is 14.7 Å². The first-order chi connectivity index (χ1) is 12.0. The summed E-state index contributed by atoms with van der Waals surface area (Å²) in [7, 11) is 0. The van der Waals surface area contributed by atoms with Gasteiger partial charge in [0.05, 0.1) is 12.5 Å². The van der Waals surface area contributed by atoms with Crippen LogP contribution in [0.2, 0.25) is 0 Å². The largest absolute Gasteiger partial charge is 0.508 e. The molecule has 3 N–H and O–H groups in total. The lowest BCUT2D eigenvalue weighted by Crippen LogP contribution is -2.41. The molecule has 0 bridgehead atoms. The third-order valence-electron chi connectivity index (χ3n) is 3.77. The third kappa shape index (κ3) is 5.95. The molecule has 0 radical (unpaired) electrons.